The maximum atomic E-state index is 11.6. The highest BCUT2D eigenvalue weighted by atomic mass is 35.5. The van der Waals surface area contributed by atoms with Crippen molar-refractivity contribution in [2.75, 3.05) is 25.1 Å². The van der Waals surface area contributed by atoms with E-state index in [0.717, 1.165) is 24.3 Å². The zero-order chi connectivity index (χ0) is 11.7. The molecule has 1 atom stereocenters. The van der Waals surface area contributed by atoms with E-state index in [-0.39, 0.29) is 18.3 Å². The molecular weight excluding hydrogens is 244 g/mol. The minimum absolute atomic E-state index is 0. The second-order valence-corrected chi connectivity index (χ2v) is 5.13. The number of nitrogens with two attached hydrogens (primary N) is 1. The van der Waals surface area contributed by atoms with E-state index in [9.17, 15) is 4.79 Å². The number of hydrogen-bond donors (Lipinski definition) is 1. The molecule has 0 aromatic rings. The van der Waals surface area contributed by atoms with E-state index in [4.69, 9.17) is 5.73 Å². The second-order valence-electron chi connectivity index (χ2n) is 3.73. The molecule has 0 aromatic carbocycles. The Morgan fingerprint density at radius 2 is 2.12 bits per heavy atom. The van der Waals surface area contributed by atoms with Crippen molar-refractivity contribution in [1.82, 2.24) is 4.90 Å². The zero-order valence-corrected chi connectivity index (χ0v) is 12.2. The fourth-order valence-corrected chi connectivity index (χ4v) is 2.06. The third-order valence-corrected chi connectivity index (χ3v) is 3.47. The van der Waals surface area contributed by atoms with Crippen molar-refractivity contribution in [2.24, 2.45) is 5.73 Å². The van der Waals surface area contributed by atoms with Gasteiger partial charge in [-0.15, -0.1) is 12.4 Å². The predicted octanol–water partition coefficient (Wildman–Crippen LogP) is 2.14. The Balaban J connectivity index is 0. The van der Waals surface area contributed by atoms with Crippen LogP contribution in [0, 0.1) is 0 Å². The Morgan fingerprint density at radius 3 is 2.62 bits per heavy atom. The molecule has 16 heavy (non-hydrogen) atoms. The SMILES string of the molecule is CCSCCC(C)N(C)C(=O)CCCN.Cl. The molecule has 0 rings (SSSR count). The van der Waals surface area contributed by atoms with Crippen molar-refractivity contribution < 1.29 is 4.79 Å². The van der Waals surface area contributed by atoms with Crippen LogP contribution >= 0.6 is 24.2 Å². The highest BCUT2D eigenvalue weighted by Crippen LogP contribution is 2.09. The van der Waals surface area contributed by atoms with Gasteiger partial charge in [-0.2, -0.15) is 11.8 Å². The number of carbonyl (C=O) groups is 1. The van der Waals surface area contributed by atoms with E-state index in [1.807, 2.05) is 23.7 Å². The lowest BCUT2D eigenvalue weighted by Crippen LogP contribution is -2.35. The van der Waals surface area contributed by atoms with Gasteiger partial charge in [0.15, 0.2) is 0 Å². The molecule has 0 bridgehead atoms. The highest BCUT2D eigenvalue weighted by molar-refractivity contribution is 7.99. The molecule has 0 aliphatic heterocycles. The van der Waals surface area contributed by atoms with Gasteiger partial charge in [0.25, 0.3) is 0 Å². The average Bonchev–Trinajstić information content (AvgIpc) is 2.24. The molecule has 0 heterocycles. The van der Waals surface area contributed by atoms with Gasteiger partial charge < -0.3 is 10.6 Å². The van der Waals surface area contributed by atoms with E-state index in [1.165, 1.54) is 0 Å². The molecule has 0 aromatic heterocycles. The third kappa shape index (κ3) is 8.25. The Labute approximate surface area is 110 Å². The first kappa shape index (κ1) is 18.4. The van der Waals surface area contributed by atoms with Gasteiger partial charge in [-0.1, -0.05) is 6.92 Å². The quantitative estimate of drug-likeness (QED) is 0.686. The van der Waals surface area contributed by atoms with Crippen molar-refractivity contribution in [2.45, 2.75) is 39.2 Å². The first-order valence-electron chi connectivity index (χ1n) is 5.67. The first-order chi connectivity index (χ1) is 7.13. The lowest BCUT2D eigenvalue weighted by atomic mass is 10.2. The molecule has 1 amide bonds. The van der Waals surface area contributed by atoms with Crippen LogP contribution in [0.15, 0.2) is 0 Å². The zero-order valence-electron chi connectivity index (χ0n) is 10.6. The summed E-state index contributed by atoms with van der Waals surface area (Å²) >= 11 is 1.93. The minimum Gasteiger partial charge on any atom is -0.343 e. The molecule has 0 saturated heterocycles. The van der Waals surface area contributed by atoms with Crippen molar-refractivity contribution in [3.8, 4) is 0 Å². The summed E-state index contributed by atoms with van der Waals surface area (Å²) in [7, 11) is 1.89. The summed E-state index contributed by atoms with van der Waals surface area (Å²) in [4.78, 5) is 13.5. The summed E-state index contributed by atoms with van der Waals surface area (Å²) in [5.74, 6) is 2.50. The van der Waals surface area contributed by atoms with Gasteiger partial charge in [0.05, 0.1) is 0 Å². The van der Waals surface area contributed by atoms with E-state index in [1.54, 1.807) is 0 Å². The van der Waals surface area contributed by atoms with Crippen LogP contribution in [0.2, 0.25) is 0 Å². The fourth-order valence-electron chi connectivity index (χ4n) is 1.27. The molecule has 0 fully saturated rings. The maximum Gasteiger partial charge on any atom is 0.222 e. The van der Waals surface area contributed by atoms with Gasteiger partial charge in [-0.3, -0.25) is 4.79 Å². The number of carbonyl (C=O) groups excluding carboxylic acids is 1. The van der Waals surface area contributed by atoms with Crippen LogP contribution in [0.25, 0.3) is 0 Å². The Hall–Kier alpha value is 0.0700. The summed E-state index contributed by atoms with van der Waals surface area (Å²) in [5, 5.41) is 0. The van der Waals surface area contributed by atoms with Crippen LogP contribution < -0.4 is 5.73 Å². The van der Waals surface area contributed by atoms with Crippen molar-refractivity contribution in [1.29, 1.82) is 0 Å². The molecule has 0 aliphatic carbocycles. The smallest absolute Gasteiger partial charge is 0.222 e. The third-order valence-electron chi connectivity index (χ3n) is 2.53. The van der Waals surface area contributed by atoms with Crippen molar-refractivity contribution in [3.63, 3.8) is 0 Å². The van der Waals surface area contributed by atoms with Gasteiger partial charge >= 0.3 is 0 Å². The fraction of sp³-hybridized carbons (Fsp3) is 0.909. The number of hydrogen-bond acceptors (Lipinski definition) is 3. The number of thioether (sulfide) groups is 1. The molecule has 0 saturated carbocycles. The van der Waals surface area contributed by atoms with Crippen LogP contribution in [0.1, 0.15) is 33.1 Å². The summed E-state index contributed by atoms with van der Waals surface area (Å²) < 4.78 is 0. The lowest BCUT2D eigenvalue weighted by Gasteiger charge is -2.24. The summed E-state index contributed by atoms with van der Waals surface area (Å²) in [6.07, 6.45) is 2.45. The molecule has 0 radical (unpaired) electrons. The van der Waals surface area contributed by atoms with Crippen LogP contribution in [0.5, 0.6) is 0 Å². The molecule has 98 valence electrons. The van der Waals surface area contributed by atoms with Crippen LogP contribution in [0.3, 0.4) is 0 Å². The van der Waals surface area contributed by atoms with Crippen LogP contribution in [0.4, 0.5) is 0 Å². The molecule has 0 spiro atoms. The predicted molar refractivity (Wildman–Crippen MR) is 75.4 cm³/mol. The van der Waals surface area contributed by atoms with E-state index in [2.05, 4.69) is 13.8 Å². The van der Waals surface area contributed by atoms with E-state index in [0.29, 0.717) is 19.0 Å². The Morgan fingerprint density at radius 1 is 1.50 bits per heavy atom. The van der Waals surface area contributed by atoms with E-state index >= 15 is 0 Å². The van der Waals surface area contributed by atoms with Crippen molar-refractivity contribution >= 4 is 30.1 Å². The van der Waals surface area contributed by atoms with Crippen LogP contribution in [-0.2, 0) is 4.79 Å². The van der Waals surface area contributed by atoms with Gasteiger partial charge in [-0.25, -0.2) is 0 Å². The van der Waals surface area contributed by atoms with Gasteiger partial charge in [0.2, 0.25) is 5.91 Å². The van der Waals surface area contributed by atoms with Crippen LogP contribution in [-0.4, -0.2) is 41.9 Å². The molecular formula is C11H25ClN2OS. The number of rotatable bonds is 8. The molecule has 2 N–H and O–H groups in total. The first-order valence-corrected chi connectivity index (χ1v) is 6.82. The Bertz CT molecular complexity index is 181. The van der Waals surface area contributed by atoms with Gasteiger partial charge in [0.1, 0.15) is 0 Å². The average molecular weight is 269 g/mol. The molecule has 3 nitrogen and oxygen atoms in total. The van der Waals surface area contributed by atoms with Gasteiger partial charge in [-0.05, 0) is 37.8 Å². The highest BCUT2D eigenvalue weighted by Gasteiger charge is 2.14. The second kappa shape index (κ2) is 11.6. The number of nitrogens with zero attached hydrogens (tertiary/aromatic N) is 1. The summed E-state index contributed by atoms with van der Waals surface area (Å²) in [5.41, 5.74) is 5.38. The summed E-state index contributed by atoms with van der Waals surface area (Å²) in [6.45, 7) is 4.86. The van der Waals surface area contributed by atoms with Gasteiger partial charge in [0, 0.05) is 19.5 Å². The largest absolute Gasteiger partial charge is 0.343 e. The minimum atomic E-state index is 0. The lowest BCUT2D eigenvalue weighted by molar-refractivity contribution is -0.131. The number of amides is 1. The van der Waals surface area contributed by atoms with Crippen molar-refractivity contribution in [3.05, 3.63) is 0 Å². The summed E-state index contributed by atoms with van der Waals surface area (Å²) in [6, 6.07) is 0.342. The topological polar surface area (TPSA) is 46.3 Å². The molecule has 5 heteroatoms. The normalized spacial score (nSPS) is 11.8. The standard InChI is InChI=1S/C11H24N2OS.ClH/c1-4-15-9-7-10(2)13(3)11(14)6-5-8-12;/h10H,4-9,12H2,1-3H3;1H. The maximum absolute atomic E-state index is 11.6. The van der Waals surface area contributed by atoms with E-state index < -0.39 is 0 Å². The molecule has 1 unspecified atom stereocenters. The monoisotopic (exact) mass is 268 g/mol. The molecule has 0 aliphatic rings. The number of halogens is 1. The Kier molecular flexibility index (Phi) is 13.3.